The molecule has 2 rings (SSSR count). The summed E-state index contributed by atoms with van der Waals surface area (Å²) in [5, 5.41) is 6.51. The van der Waals surface area contributed by atoms with E-state index in [4.69, 9.17) is 18.9 Å². The zero-order valence-electron chi connectivity index (χ0n) is 19.6. The second-order valence-corrected chi connectivity index (χ2v) is 8.05. The molecule has 0 aliphatic rings. The Hall–Kier alpha value is -3.59. The second-order valence-electron chi connectivity index (χ2n) is 8.05. The van der Waals surface area contributed by atoms with E-state index in [0.29, 0.717) is 17.1 Å². The molecule has 2 N–H and O–H groups in total. The Bertz CT molecular complexity index is 941. The van der Waals surface area contributed by atoms with Gasteiger partial charge >= 0.3 is 6.09 Å². The van der Waals surface area contributed by atoms with Gasteiger partial charge in [-0.1, -0.05) is 30.3 Å². The number of hydrogen-bond donors (Lipinski definition) is 2. The summed E-state index contributed by atoms with van der Waals surface area (Å²) in [6, 6.07) is 13.7. The van der Waals surface area contributed by atoms with Crippen molar-refractivity contribution in [3.8, 4) is 11.5 Å². The van der Waals surface area contributed by atoms with E-state index in [1.165, 1.54) is 13.3 Å². The second kappa shape index (κ2) is 12.4. The molecule has 0 aromatic heterocycles. The average molecular weight is 458 g/mol. The molecule has 0 saturated carbocycles. The monoisotopic (exact) mass is 457 g/mol. The molecule has 2 aromatic rings. The van der Waals surface area contributed by atoms with Crippen molar-refractivity contribution in [1.29, 1.82) is 0 Å². The van der Waals surface area contributed by atoms with Gasteiger partial charge in [0.2, 0.25) is 0 Å². The summed E-state index contributed by atoms with van der Waals surface area (Å²) >= 11 is 0. The van der Waals surface area contributed by atoms with Gasteiger partial charge in [-0.2, -0.15) is 5.10 Å². The molecule has 2 amide bonds. The number of hydrazone groups is 1. The van der Waals surface area contributed by atoms with E-state index in [0.717, 1.165) is 5.56 Å². The summed E-state index contributed by atoms with van der Waals surface area (Å²) in [6.45, 7) is 5.43. The van der Waals surface area contributed by atoms with Gasteiger partial charge in [0.1, 0.15) is 11.6 Å². The predicted octanol–water partition coefficient (Wildman–Crippen LogP) is 3.26. The van der Waals surface area contributed by atoms with Crippen LogP contribution in [0, 0.1) is 0 Å². The summed E-state index contributed by atoms with van der Waals surface area (Å²) in [4.78, 5) is 24.9. The topological polar surface area (TPSA) is 107 Å². The molecule has 178 valence electrons. The van der Waals surface area contributed by atoms with Gasteiger partial charge in [-0.05, 0) is 50.1 Å². The van der Waals surface area contributed by atoms with Crippen LogP contribution in [0.5, 0.6) is 11.5 Å². The molecule has 0 bridgehead atoms. The Morgan fingerprint density at radius 3 is 2.36 bits per heavy atom. The summed E-state index contributed by atoms with van der Waals surface area (Å²) in [5.41, 5.74) is 3.35. The van der Waals surface area contributed by atoms with E-state index in [1.54, 1.807) is 46.1 Å². The quantitative estimate of drug-likeness (QED) is 0.419. The van der Waals surface area contributed by atoms with Crippen LogP contribution in [0.3, 0.4) is 0 Å². The standard InChI is InChI=1S/C24H31N3O6/c1-24(2,3)33-23(29)26-19(16-32-15-17-9-7-6-8-10-17)22(28)27-25-14-18-11-12-20(30-4)21(13-18)31-5/h6-14,19H,15-16H2,1-5H3,(H,26,29)(H,27,28)/b25-14-/t19-/m0/s1. The van der Waals surface area contributed by atoms with Crippen molar-refractivity contribution in [3.63, 3.8) is 0 Å². The highest BCUT2D eigenvalue weighted by molar-refractivity contribution is 5.87. The van der Waals surface area contributed by atoms with Gasteiger partial charge in [0.25, 0.3) is 5.91 Å². The minimum Gasteiger partial charge on any atom is -0.493 e. The van der Waals surface area contributed by atoms with Crippen LogP contribution in [0.15, 0.2) is 53.6 Å². The molecule has 0 heterocycles. The Kier molecular flexibility index (Phi) is 9.68. The number of nitrogens with zero attached hydrogens (tertiary/aromatic N) is 1. The minimum absolute atomic E-state index is 0.0636. The first kappa shape index (κ1) is 25.7. The van der Waals surface area contributed by atoms with E-state index in [2.05, 4.69) is 15.8 Å². The molecule has 33 heavy (non-hydrogen) atoms. The summed E-state index contributed by atoms with van der Waals surface area (Å²) in [5.74, 6) is 0.563. The van der Waals surface area contributed by atoms with Crippen molar-refractivity contribution in [3.05, 3.63) is 59.7 Å². The first-order chi connectivity index (χ1) is 15.7. The van der Waals surface area contributed by atoms with Crippen LogP contribution in [0.1, 0.15) is 31.9 Å². The van der Waals surface area contributed by atoms with E-state index in [-0.39, 0.29) is 13.2 Å². The first-order valence-corrected chi connectivity index (χ1v) is 10.4. The SMILES string of the molecule is COc1ccc(/C=N\NC(=O)[C@H](COCc2ccccc2)NC(=O)OC(C)(C)C)cc1OC. The van der Waals surface area contributed by atoms with E-state index < -0.39 is 23.6 Å². The van der Waals surface area contributed by atoms with Crippen molar-refractivity contribution in [2.75, 3.05) is 20.8 Å². The fraction of sp³-hybridized carbons (Fsp3) is 0.375. The van der Waals surface area contributed by atoms with Gasteiger partial charge in [-0.3, -0.25) is 4.79 Å². The van der Waals surface area contributed by atoms with Crippen molar-refractivity contribution in [2.24, 2.45) is 5.10 Å². The molecular formula is C24H31N3O6. The maximum Gasteiger partial charge on any atom is 0.408 e. The third-order valence-electron chi connectivity index (χ3n) is 4.20. The Morgan fingerprint density at radius 1 is 1.03 bits per heavy atom. The number of rotatable bonds is 10. The molecule has 9 nitrogen and oxygen atoms in total. The Morgan fingerprint density at radius 2 is 1.73 bits per heavy atom. The fourth-order valence-electron chi connectivity index (χ4n) is 2.68. The molecule has 0 fully saturated rings. The number of methoxy groups -OCH3 is 2. The van der Waals surface area contributed by atoms with E-state index in [1.807, 2.05) is 30.3 Å². The van der Waals surface area contributed by atoms with Crippen molar-refractivity contribution < 1.29 is 28.5 Å². The van der Waals surface area contributed by atoms with Gasteiger partial charge in [0, 0.05) is 0 Å². The van der Waals surface area contributed by atoms with Gasteiger partial charge in [0.15, 0.2) is 11.5 Å². The van der Waals surface area contributed by atoms with Crippen LogP contribution in [0.2, 0.25) is 0 Å². The highest BCUT2D eigenvalue weighted by Gasteiger charge is 2.24. The van der Waals surface area contributed by atoms with Crippen LogP contribution in [-0.4, -0.2) is 50.7 Å². The zero-order chi connectivity index (χ0) is 24.3. The Balaban J connectivity index is 2.01. The van der Waals surface area contributed by atoms with Crippen molar-refractivity contribution >= 4 is 18.2 Å². The molecule has 0 spiro atoms. The maximum atomic E-state index is 12.7. The molecule has 9 heteroatoms. The van der Waals surface area contributed by atoms with Crippen LogP contribution in [-0.2, 0) is 20.9 Å². The molecule has 0 saturated heterocycles. The van der Waals surface area contributed by atoms with Gasteiger partial charge in [0.05, 0.1) is 33.6 Å². The number of benzene rings is 2. The molecule has 1 atom stereocenters. The number of hydrogen-bond acceptors (Lipinski definition) is 7. The average Bonchev–Trinajstić information content (AvgIpc) is 2.77. The van der Waals surface area contributed by atoms with Crippen LogP contribution >= 0.6 is 0 Å². The van der Waals surface area contributed by atoms with Crippen molar-refractivity contribution in [2.45, 2.75) is 39.0 Å². The minimum atomic E-state index is -1.01. The van der Waals surface area contributed by atoms with Crippen LogP contribution in [0.4, 0.5) is 4.79 Å². The zero-order valence-corrected chi connectivity index (χ0v) is 19.6. The number of ether oxygens (including phenoxy) is 4. The van der Waals surface area contributed by atoms with Gasteiger partial charge < -0.3 is 24.3 Å². The lowest BCUT2D eigenvalue weighted by Gasteiger charge is -2.22. The smallest absolute Gasteiger partial charge is 0.408 e. The molecule has 2 aromatic carbocycles. The predicted molar refractivity (Wildman–Crippen MR) is 125 cm³/mol. The van der Waals surface area contributed by atoms with Crippen LogP contribution < -0.4 is 20.2 Å². The molecule has 0 aliphatic carbocycles. The number of amides is 2. The fourth-order valence-corrected chi connectivity index (χ4v) is 2.68. The van der Waals surface area contributed by atoms with E-state index >= 15 is 0 Å². The molecule has 0 radical (unpaired) electrons. The van der Waals surface area contributed by atoms with Gasteiger partial charge in [-0.15, -0.1) is 0 Å². The third-order valence-corrected chi connectivity index (χ3v) is 4.20. The molecule has 0 unspecified atom stereocenters. The lowest BCUT2D eigenvalue weighted by atomic mass is 10.2. The number of carbonyl (C=O) groups is 2. The highest BCUT2D eigenvalue weighted by atomic mass is 16.6. The van der Waals surface area contributed by atoms with Gasteiger partial charge in [-0.25, -0.2) is 10.2 Å². The first-order valence-electron chi connectivity index (χ1n) is 10.4. The largest absolute Gasteiger partial charge is 0.493 e. The van der Waals surface area contributed by atoms with Crippen LogP contribution in [0.25, 0.3) is 0 Å². The normalized spacial score (nSPS) is 12.2. The summed E-state index contributed by atoms with van der Waals surface area (Å²) < 4.78 is 21.4. The highest BCUT2D eigenvalue weighted by Crippen LogP contribution is 2.26. The Labute approximate surface area is 194 Å². The van der Waals surface area contributed by atoms with Crippen molar-refractivity contribution in [1.82, 2.24) is 10.7 Å². The molecule has 0 aliphatic heterocycles. The lowest BCUT2D eigenvalue weighted by molar-refractivity contribution is -0.124. The molecular weight excluding hydrogens is 426 g/mol. The lowest BCUT2D eigenvalue weighted by Crippen LogP contribution is -2.49. The van der Waals surface area contributed by atoms with E-state index in [9.17, 15) is 9.59 Å². The maximum absolute atomic E-state index is 12.7. The number of carbonyl (C=O) groups excluding carboxylic acids is 2. The number of alkyl carbamates (subject to hydrolysis) is 1. The third kappa shape index (κ3) is 9.20. The summed E-state index contributed by atoms with van der Waals surface area (Å²) in [7, 11) is 3.08. The summed E-state index contributed by atoms with van der Waals surface area (Å²) in [6.07, 6.45) is 0.727. The number of nitrogens with one attached hydrogen (secondary N) is 2.